The molecular weight excluding hydrogens is 188 g/mol. The second-order valence-corrected chi connectivity index (χ2v) is 4.60. The van der Waals surface area contributed by atoms with Gasteiger partial charge >= 0.3 is 0 Å². The van der Waals surface area contributed by atoms with E-state index in [-0.39, 0.29) is 11.6 Å². The third-order valence-electron chi connectivity index (χ3n) is 3.39. The quantitative estimate of drug-likeness (QED) is 0.774. The summed E-state index contributed by atoms with van der Waals surface area (Å²) in [4.78, 5) is 0. The predicted molar refractivity (Wildman–Crippen MR) is 60.5 cm³/mol. The van der Waals surface area contributed by atoms with Gasteiger partial charge in [-0.05, 0) is 32.6 Å². The number of nitrogens with one attached hydrogen (secondary N) is 1. The van der Waals surface area contributed by atoms with Crippen molar-refractivity contribution in [3.63, 3.8) is 0 Å². The predicted octanol–water partition coefficient (Wildman–Crippen LogP) is 2.23. The standard InChI is InChI=1S/C12H22N2O/c1-4-10(2)14-12(9-13)7-5-6-11(8-12)15-3/h10-11,14H,4-8H2,1-3H3. The summed E-state index contributed by atoms with van der Waals surface area (Å²) >= 11 is 0. The molecule has 0 aromatic carbocycles. The molecule has 3 heteroatoms. The SMILES string of the molecule is CCC(C)NC1(C#N)CCCC(OC)C1. The number of hydrogen-bond acceptors (Lipinski definition) is 3. The van der Waals surface area contributed by atoms with E-state index in [0.29, 0.717) is 6.04 Å². The van der Waals surface area contributed by atoms with E-state index in [4.69, 9.17) is 4.74 Å². The molecule has 1 aliphatic rings. The number of ether oxygens (including phenoxy) is 1. The highest BCUT2D eigenvalue weighted by atomic mass is 16.5. The van der Waals surface area contributed by atoms with Gasteiger partial charge in [0.1, 0.15) is 5.54 Å². The van der Waals surface area contributed by atoms with E-state index in [9.17, 15) is 5.26 Å². The minimum Gasteiger partial charge on any atom is -0.381 e. The fourth-order valence-corrected chi connectivity index (χ4v) is 2.26. The molecule has 1 N–H and O–H groups in total. The van der Waals surface area contributed by atoms with Crippen molar-refractivity contribution in [3.8, 4) is 6.07 Å². The van der Waals surface area contributed by atoms with Gasteiger partial charge in [-0.1, -0.05) is 6.92 Å². The summed E-state index contributed by atoms with van der Waals surface area (Å²) in [6.07, 6.45) is 5.24. The first-order valence-corrected chi connectivity index (χ1v) is 5.87. The summed E-state index contributed by atoms with van der Waals surface area (Å²) in [5.74, 6) is 0. The van der Waals surface area contributed by atoms with Crippen LogP contribution in [-0.2, 0) is 4.74 Å². The Hall–Kier alpha value is -0.590. The van der Waals surface area contributed by atoms with Gasteiger partial charge in [0.15, 0.2) is 0 Å². The third kappa shape index (κ3) is 3.19. The second-order valence-electron chi connectivity index (χ2n) is 4.60. The van der Waals surface area contributed by atoms with Crippen LogP contribution in [0.1, 0.15) is 46.0 Å². The molecule has 15 heavy (non-hydrogen) atoms. The molecule has 1 aliphatic carbocycles. The molecule has 0 heterocycles. The molecule has 1 fully saturated rings. The molecule has 0 aromatic heterocycles. The number of nitrogens with zero attached hydrogens (tertiary/aromatic N) is 1. The number of nitriles is 1. The zero-order chi connectivity index (χ0) is 11.3. The molecule has 0 bridgehead atoms. The Labute approximate surface area is 92.8 Å². The smallest absolute Gasteiger partial charge is 0.109 e. The summed E-state index contributed by atoms with van der Waals surface area (Å²) in [5, 5.41) is 12.8. The van der Waals surface area contributed by atoms with Crippen LogP contribution in [-0.4, -0.2) is 24.8 Å². The summed E-state index contributed by atoms with van der Waals surface area (Å²) < 4.78 is 5.37. The zero-order valence-electron chi connectivity index (χ0n) is 10.0. The Morgan fingerprint density at radius 1 is 1.67 bits per heavy atom. The maximum Gasteiger partial charge on any atom is 0.109 e. The summed E-state index contributed by atoms with van der Waals surface area (Å²) in [5.41, 5.74) is -0.353. The fraction of sp³-hybridized carbons (Fsp3) is 0.917. The largest absolute Gasteiger partial charge is 0.381 e. The van der Waals surface area contributed by atoms with E-state index in [0.717, 1.165) is 32.1 Å². The number of hydrogen-bond donors (Lipinski definition) is 1. The van der Waals surface area contributed by atoms with Crippen molar-refractivity contribution in [1.29, 1.82) is 5.26 Å². The van der Waals surface area contributed by atoms with Gasteiger partial charge in [-0.15, -0.1) is 0 Å². The minimum absolute atomic E-state index is 0.245. The van der Waals surface area contributed by atoms with Gasteiger partial charge in [0.05, 0.1) is 12.2 Å². The first-order chi connectivity index (χ1) is 7.15. The van der Waals surface area contributed by atoms with Crippen LogP contribution >= 0.6 is 0 Å². The molecule has 86 valence electrons. The van der Waals surface area contributed by atoms with Gasteiger partial charge < -0.3 is 4.74 Å². The molecule has 1 saturated carbocycles. The van der Waals surface area contributed by atoms with E-state index in [1.165, 1.54) is 0 Å². The minimum atomic E-state index is -0.353. The van der Waals surface area contributed by atoms with Gasteiger partial charge in [-0.3, -0.25) is 5.32 Å². The molecule has 0 saturated heterocycles. The summed E-state index contributed by atoms with van der Waals surface area (Å²) in [7, 11) is 1.74. The van der Waals surface area contributed by atoms with Crippen LogP contribution < -0.4 is 5.32 Å². The Morgan fingerprint density at radius 3 is 2.93 bits per heavy atom. The highest BCUT2D eigenvalue weighted by Crippen LogP contribution is 2.30. The van der Waals surface area contributed by atoms with Crippen LogP contribution in [0.3, 0.4) is 0 Å². The molecule has 0 amide bonds. The van der Waals surface area contributed by atoms with E-state index < -0.39 is 0 Å². The lowest BCUT2D eigenvalue weighted by molar-refractivity contribution is 0.0425. The fourth-order valence-electron chi connectivity index (χ4n) is 2.26. The first-order valence-electron chi connectivity index (χ1n) is 5.87. The van der Waals surface area contributed by atoms with Crippen LogP contribution in [0.2, 0.25) is 0 Å². The van der Waals surface area contributed by atoms with Gasteiger partial charge in [-0.2, -0.15) is 5.26 Å². The van der Waals surface area contributed by atoms with E-state index >= 15 is 0 Å². The Bertz CT molecular complexity index is 232. The van der Waals surface area contributed by atoms with Crippen molar-refractivity contribution in [2.45, 2.75) is 63.6 Å². The second kappa shape index (κ2) is 5.48. The van der Waals surface area contributed by atoms with Crippen LogP contribution in [0.25, 0.3) is 0 Å². The maximum atomic E-state index is 9.33. The van der Waals surface area contributed by atoms with Gasteiger partial charge in [0, 0.05) is 19.6 Å². The molecule has 0 aromatic rings. The molecule has 3 nitrogen and oxygen atoms in total. The van der Waals surface area contributed by atoms with Crippen LogP contribution in [0.15, 0.2) is 0 Å². The van der Waals surface area contributed by atoms with E-state index in [2.05, 4.69) is 25.2 Å². The topological polar surface area (TPSA) is 45.0 Å². The lowest BCUT2D eigenvalue weighted by atomic mass is 9.80. The van der Waals surface area contributed by atoms with Crippen LogP contribution in [0, 0.1) is 11.3 Å². The molecule has 0 aliphatic heterocycles. The number of rotatable bonds is 4. The van der Waals surface area contributed by atoms with E-state index in [1.807, 2.05) is 0 Å². The van der Waals surface area contributed by atoms with Gasteiger partial charge in [0.2, 0.25) is 0 Å². The Kier molecular flexibility index (Phi) is 4.56. The highest BCUT2D eigenvalue weighted by Gasteiger charge is 2.37. The first kappa shape index (κ1) is 12.5. The molecule has 3 unspecified atom stereocenters. The van der Waals surface area contributed by atoms with Crippen LogP contribution in [0.4, 0.5) is 0 Å². The molecular formula is C12H22N2O. The van der Waals surface area contributed by atoms with Crippen molar-refractivity contribution < 1.29 is 4.74 Å². The lowest BCUT2D eigenvalue weighted by Crippen LogP contribution is -2.52. The van der Waals surface area contributed by atoms with Gasteiger partial charge in [-0.25, -0.2) is 0 Å². The maximum absolute atomic E-state index is 9.33. The molecule has 1 rings (SSSR count). The Balaban J connectivity index is 2.63. The molecule has 0 radical (unpaired) electrons. The van der Waals surface area contributed by atoms with Crippen molar-refractivity contribution in [1.82, 2.24) is 5.32 Å². The number of methoxy groups -OCH3 is 1. The average Bonchev–Trinajstić information content (AvgIpc) is 2.29. The normalized spacial score (nSPS) is 33.3. The van der Waals surface area contributed by atoms with Gasteiger partial charge in [0.25, 0.3) is 0 Å². The zero-order valence-corrected chi connectivity index (χ0v) is 10.0. The van der Waals surface area contributed by atoms with Crippen molar-refractivity contribution in [3.05, 3.63) is 0 Å². The van der Waals surface area contributed by atoms with Crippen LogP contribution in [0.5, 0.6) is 0 Å². The van der Waals surface area contributed by atoms with Crippen molar-refractivity contribution in [2.75, 3.05) is 7.11 Å². The monoisotopic (exact) mass is 210 g/mol. The lowest BCUT2D eigenvalue weighted by Gasteiger charge is -2.37. The van der Waals surface area contributed by atoms with E-state index in [1.54, 1.807) is 7.11 Å². The summed E-state index contributed by atoms with van der Waals surface area (Å²) in [6, 6.07) is 2.86. The third-order valence-corrected chi connectivity index (χ3v) is 3.39. The Morgan fingerprint density at radius 2 is 2.40 bits per heavy atom. The van der Waals surface area contributed by atoms with Crippen molar-refractivity contribution >= 4 is 0 Å². The van der Waals surface area contributed by atoms with Crippen molar-refractivity contribution in [2.24, 2.45) is 0 Å². The highest BCUT2D eigenvalue weighted by molar-refractivity contribution is 5.10. The average molecular weight is 210 g/mol. The molecule has 0 spiro atoms. The molecule has 3 atom stereocenters. The summed E-state index contributed by atoms with van der Waals surface area (Å²) in [6.45, 7) is 4.27.